The highest BCUT2D eigenvalue weighted by Crippen LogP contribution is 2.38. The van der Waals surface area contributed by atoms with E-state index in [-0.39, 0.29) is 5.91 Å². The summed E-state index contributed by atoms with van der Waals surface area (Å²) in [5.74, 6) is -0.354. The van der Waals surface area contributed by atoms with Gasteiger partial charge in [-0.05, 0) is 38.8 Å². The van der Waals surface area contributed by atoms with Gasteiger partial charge in [0.25, 0.3) is 5.91 Å². The first kappa shape index (κ1) is 16.9. The molecule has 2 heterocycles. The predicted octanol–water partition coefficient (Wildman–Crippen LogP) is 0.970. The quantitative estimate of drug-likeness (QED) is 0.567. The second kappa shape index (κ2) is 6.18. The molecule has 1 aromatic rings. The van der Waals surface area contributed by atoms with Crippen LogP contribution in [0.2, 0.25) is 0 Å². The lowest BCUT2D eigenvalue weighted by Gasteiger charge is -2.32. The van der Waals surface area contributed by atoms with E-state index in [1.807, 2.05) is 38.1 Å². The summed E-state index contributed by atoms with van der Waals surface area (Å²) in [7, 11) is 0. The van der Waals surface area contributed by atoms with E-state index in [1.165, 1.54) is 5.56 Å². The molecule has 130 valence electrons. The normalized spacial score (nSPS) is 30.0. The van der Waals surface area contributed by atoms with Crippen LogP contribution in [0.5, 0.6) is 0 Å². The van der Waals surface area contributed by atoms with Crippen molar-refractivity contribution in [3.05, 3.63) is 35.4 Å². The van der Waals surface area contributed by atoms with Crippen molar-refractivity contribution in [2.45, 2.75) is 32.1 Å². The molecule has 0 aliphatic carbocycles. The first-order valence-corrected chi connectivity index (χ1v) is 8.43. The topological polar surface area (TPSA) is 81.7 Å². The fourth-order valence-electron chi connectivity index (χ4n) is 3.88. The minimum absolute atomic E-state index is 0.0587. The Morgan fingerprint density at radius 1 is 1.33 bits per heavy atom. The van der Waals surface area contributed by atoms with Gasteiger partial charge in [0.05, 0.1) is 10.8 Å². The third kappa shape index (κ3) is 2.70. The summed E-state index contributed by atoms with van der Waals surface area (Å²) in [6.45, 7) is 6.16. The first-order valence-electron chi connectivity index (χ1n) is 8.43. The minimum Gasteiger partial charge on any atom is -0.341 e. The van der Waals surface area contributed by atoms with E-state index >= 15 is 0 Å². The average molecular weight is 331 g/mol. The number of likely N-dealkylation sites (tertiary alicyclic amines) is 1. The molecule has 3 rings (SSSR count). The zero-order valence-corrected chi connectivity index (χ0v) is 14.3. The fourth-order valence-corrected chi connectivity index (χ4v) is 3.88. The number of carbonyl (C=O) groups is 2. The molecule has 2 atom stereocenters. The van der Waals surface area contributed by atoms with E-state index < -0.39 is 16.7 Å². The summed E-state index contributed by atoms with van der Waals surface area (Å²) < 4.78 is 0. The Labute approximate surface area is 142 Å². The SMILES string of the molecule is Cc1ccc(C2(C)CCN(CC3(C(=O)NO)CCNC3)C2=O)cc1. The van der Waals surface area contributed by atoms with Crippen LogP contribution in [0, 0.1) is 12.3 Å². The van der Waals surface area contributed by atoms with Crippen molar-refractivity contribution in [3.63, 3.8) is 0 Å². The molecular weight excluding hydrogens is 306 g/mol. The van der Waals surface area contributed by atoms with Gasteiger partial charge >= 0.3 is 0 Å². The summed E-state index contributed by atoms with van der Waals surface area (Å²) in [6.07, 6.45) is 1.35. The number of hydrogen-bond donors (Lipinski definition) is 3. The van der Waals surface area contributed by atoms with Crippen molar-refractivity contribution in [3.8, 4) is 0 Å². The standard InChI is InChI=1S/C18H25N3O3/c1-13-3-5-14(6-4-13)17(2)8-10-21(16(17)23)12-18(15(22)20-24)7-9-19-11-18/h3-6,19,24H,7-12H2,1-2H3,(H,20,22). The maximum Gasteiger partial charge on any atom is 0.252 e. The Hall–Kier alpha value is -1.92. The van der Waals surface area contributed by atoms with Gasteiger partial charge in [0, 0.05) is 19.6 Å². The van der Waals surface area contributed by atoms with Gasteiger partial charge in [-0.1, -0.05) is 29.8 Å². The van der Waals surface area contributed by atoms with Gasteiger partial charge in [0.15, 0.2) is 0 Å². The van der Waals surface area contributed by atoms with Gasteiger partial charge in [0.2, 0.25) is 5.91 Å². The average Bonchev–Trinajstić information content (AvgIpc) is 3.17. The van der Waals surface area contributed by atoms with Crippen molar-refractivity contribution < 1.29 is 14.8 Å². The van der Waals surface area contributed by atoms with Crippen LogP contribution in [0.3, 0.4) is 0 Å². The summed E-state index contributed by atoms with van der Waals surface area (Å²) in [5, 5.41) is 12.2. The second-order valence-corrected chi connectivity index (χ2v) is 7.32. The Bertz CT molecular complexity index is 637. The summed E-state index contributed by atoms with van der Waals surface area (Å²) >= 11 is 0. The molecule has 0 spiro atoms. The van der Waals surface area contributed by atoms with E-state index in [2.05, 4.69) is 5.32 Å². The Kier molecular flexibility index (Phi) is 4.36. The van der Waals surface area contributed by atoms with E-state index in [0.717, 1.165) is 12.0 Å². The van der Waals surface area contributed by atoms with Crippen molar-refractivity contribution in [1.29, 1.82) is 0 Å². The number of nitrogens with zero attached hydrogens (tertiary/aromatic N) is 1. The molecule has 2 fully saturated rings. The first-order chi connectivity index (χ1) is 11.4. The van der Waals surface area contributed by atoms with Crippen molar-refractivity contribution in [2.24, 2.45) is 5.41 Å². The van der Waals surface area contributed by atoms with E-state index in [0.29, 0.717) is 32.6 Å². The maximum atomic E-state index is 13.1. The Morgan fingerprint density at radius 2 is 2.04 bits per heavy atom. The number of hydroxylamine groups is 1. The van der Waals surface area contributed by atoms with Crippen LogP contribution in [0.1, 0.15) is 30.9 Å². The monoisotopic (exact) mass is 331 g/mol. The number of hydrogen-bond acceptors (Lipinski definition) is 4. The van der Waals surface area contributed by atoms with Gasteiger partial charge < -0.3 is 10.2 Å². The summed E-state index contributed by atoms with van der Waals surface area (Å²) in [6, 6.07) is 8.09. The molecule has 1 aromatic carbocycles. The highest BCUT2D eigenvalue weighted by atomic mass is 16.5. The molecule has 6 nitrogen and oxygen atoms in total. The number of aryl methyl sites for hydroxylation is 1. The highest BCUT2D eigenvalue weighted by Gasteiger charge is 2.49. The van der Waals surface area contributed by atoms with E-state index in [9.17, 15) is 9.59 Å². The molecular formula is C18H25N3O3. The number of benzene rings is 1. The van der Waals surface area contributed by atoms with Gasteiger partial charge in [0.1, 0.15) is 0 Å². The van der Waals surface area contributed by atoms with Crippen LogP contribution >= 0.6 is 0 Å². The molecule has 2 aliphatic heterocycles. The van der Waals surface area contributed by atoms with Crippen LogP contribution in [-0.2, 0) is 15.0 Å². The van der Waals surface area contributed by atoms with Crippen LogP contribution in [0.25, 0.3) is 0 Å². The third-order valence-corrected chi connectivity index (χ3v) is 5.65. The molecule has 2 unspecified atom stereocenters. The second-order valence-electron chi connectivity index (χ2n) is 7.32. The van der Waals surface area contributed by atoms with Crippen LogP contribution in [0.15, 0.2) is 24.3 Å². The van der Waals surface area contributed by atoms with Gasteiger partial charge in [-0.15, -0.1) is 0 Å². The van der Waals surface area contributed by atoms with Crippen LogP contribution in [0.4, 0.5) is 0 Å². The predicted molar refractivity (Wildman–Crippen MR) is 89.6 cm³/mol. The zero-order valence-electron chi connectivity index (χ0n) is 14.3. The van der Waals surface area contributed by atoms with Gasteiger partial charge in [-0.3, -0.25) is 14.8 Å². The molecule has 0 bridgehead atoms. The number of amides is 2. The molecule has 24 heavy (non-hydrogen) atoms. The van der Waals surface area contributed by atoms with E-state index in [1.54, 1.807) is 10.4 Å². The van der Waals surface area contributed by atoms with Crippen LogP contribution < -0.4 is 10.8 Å². The molecule has 0 radical (unpaired) electrons. The highest BCUT2D eigenvalue weighted by molar-refractivity contribution is 5.91. The smallest absolute Gasteiger partial charge is 0.252 e. The van der Waals surface area contributed by atoms with E-state index in [4.69, 9.17) is 5.21 Å². The third-order valence-electron chi connectivity index (χ3n) is 5.65. The lowest BCUT2D eigenvalue weighted by Crippen LogP contribution is -2.50. The van der Waals surface area contributed by atoms with Crippen molar-refractivity contribution in [1.82, 2.24) is 15.7 Å². The number of rotatable bonds is 4. The molecule has 2 saturated heterocycles. The lowest BCUT2D eigenvalue weighted by molar-refractivity contribution is -0.142. The summed E-state index contributed by atoms with van der Waals surface area (Å²) in [5.41, 5.74) is 2.67. The molecule has 3 N–H and O–H groups in total. The van der Waals surface area contributed by atoms with Gasteiger partial charge in [-0.2, -0.15) is 0 Å². The molecule has 0 aromatic heterocycles. The Balaban J connectivity index is 1.81. The van der Waals surface area contributed by atoms with Crippen molar-refractivity contribution >= 4 is 11.8 Å². The molecule has 0 saturated carbocycles. The summed E-state index contributed by atoms with van der Waals surface area (Å²) in [4.78, 5) is 27.0. The van der Waals surface area contributed by atoms with Gasteiger partial charge in [-0.25, -0.2) is 5.48 Å². The zero-order chi connectivity index (χ0) is 17.4. The molecule has 2 aliphatic rings. The number of nitrogens with one attached hydrogen (secondary N) is 2. The Morgan fingerprint density at radius 3 is 2.62 bits per heavy atom. The largest absolute Gasteiger partial charge is 0.341 e. The van der Waals surface area contributed by atoms with Crippen LogP contribution in [-0.4, -0.2) is 48.1 Å². The fraction of sp³-hybridized carbons (Fsp3) is 0.556. The maximum absolute atomic E-state index is 13.1. The minimum atomic E-state index is -0.747. The molecule has 6 heteroatoms. The van der Waals surface area contributed by atoms with Crippen molar-refractivity contribution in [2.75, 3.05) is 26.2 Å². The molecule has 2 amide bonds. The number of carbonyl (C=O) groups excluding carboxylic acids is 2. The lowest BCUT2D eigenvalue weighted by atomic mass is 9.80.